The van der Waals surface area contributed by atoms with Crippen molar-refractivity contribution < 1.29 is 28.9 Å². The number of amides is 1. The van der Waals surface area contributed by atoms with Crippen LogP contribution in [-0.2, 0) is 20.7 Å². The van der Waals surface area contributed by atoms with Gasteiger partial charge in [-0.15, -0.1) is 0 Å². The minimum absolute atomic E-state index is 0.0955. The van der Waals surface area contributed by atoms with E-state index in [0.29, 0.717) is 37.7 Å². The van der Waals surface area contributed by atoms with Gasteiger partial charge in [-0.3, -0.25) is 14.5 Å². The number of benzene rings is 1. The van der Waals surface area contributed by atoms with Gasteiger partial charge in [0.2, 0.25) is 5.91 Å². The average molecular weight is 421 g/mol. The molecule has 0 aromatic heterocycles. The Labute approximate surface area is 177 Å². The topological polar surface area (TPSA) is 88.5 Å². The molecule has 0 spiro atoms. The second kappa shape index (κ2) is 9.22. The second-order valence-electron chi connectivity index (χ2n) is 7.78. The van der Waals surface area contributed by atoms with Crippen LogP contribution in [-0.4, -0.2) is 79.4 Å². The highest BCUT2D eigenvalue weighted by atomic mass is 16.6. The van der Waals surface area contributed by atoms with E-state index >= 15 is 0 Å². The van der Waals surface area contributed by atoms with E-state index in [1.165, 1.54) is 6.92 Å². The van der Waals surface area contributed by atoms with E-state index in [1.807, 2.05) is 26.0 Å². The van der Waals surface area contributed by atoms with Gasteiger partial charge in [0.25, 0.3) is 0 Å². The lowest BCUT2D eigenvalue weighted by molar-refractivity contribution is -0.178. The van der Waals surface area contributed by atoms with Crippen LogP contribution in [0.2, 0.25) is 0 Å². The molecule has 0 aliphatic carbocycles. The van der Waals surface area contributed by atoms with Crippen LogP contribution in [0.4, 0.5) is 0 Å². The summed E-state index contributed by atoms with van der Waals surface area (Å²) in [6.07, 6.45) is -1.18. The third-order valence-electron chi connectivity index (χ3n) is 6.21. The van der Waals surface area contributed by atoms with E-state index in [2.05, 4.69) is 4.90 Å². The number of esters is 1. The first-order valence-electron chi connectivity index (χ1n) is 10.5. The lowest BCUT2D eigenvalue weighted by Gasteiger charge is -2.49. The number of nitrogens with zero attached hydrogens (tertiary/aromatic N) is 2. The van der Waals surface area contributed by atoms with Gasteiger partial charge >= 0.3 is 5.97 Å². The molecule has 2 aliphatic rings. The number of piperidine rings is 1. The normalized spacial score (nSPS) is 25.7. The number of hydrogen-bond donors (Lipinski definition) is 1. The summed E-state index contributed by atoms with van der Waals surface area (Å²) in [6.45, 7) is 7.39. The Morgan fingerprint density at radius 1 is 1.17 bits per heavy atom. The quantitative estimate of drug-likeness (QED) is 0.696. The zero-order chi connectivity index (χ0) is 22.0. The molecule has 30 heavy (non-hydrogen) atoms. The number of rotatable bonds is 6. The second-order valence-corrected chi connectivity index (χ2v) is 7.78. The van der Waals surface area contributed by atoms with Gasteiger partial charge in [-0.1, -0.05) is 0 Å². The SMILES string of the molecule is CCN(CC)C(=O)C1CN2CCc3cc(OC)c(OC)cc3C2C(O)C1OC(C)=O. The van der Waals surface area contributed by atoms with E-state index < -0.39 is 30.1 Å². The Balaban J connectivity index is 2.00. The Kier molecular flexibility index (Phi) is 6.88. The number of aliphatic hydroxyl groups excluding tert-OH is 1. The number of carbonyl (C=O) groups is 2. The summed E-state index contributed by atoms with van der Waals surface area (Å²) in [5.74, 6) is 0.00796. The van der Waals surface area contributed by atoms with Crippen molar-refractivity contribution in [2.24, 2.45) is 5.92 Å². The molecule has 8 heteroatoms. The molecule has 1 amide bonds. The number of aliphatic hydroxyl groups is 1. The van der Waals surface area contributed by atoms with Crippen LogP contribution >= 0.6 is 0 Å². The number of methoxy groups -OCH3 is 2. The molecular weight excluding hydrogens is 388 g/mol. The predicted octanol–water partition coefficient (Wildman–Crippen LogP) is 1.39. The minimum atomic E-state index is -1.04. The zero-order valence-electron chi connectivity index (χ0n) is 18.4. The molecule has 3 rings (SSSR count). The smallest absolute Gasteiger partial charge is 0.303 e. The third kappa shape index (κ3) is 3.98. The van der Waals surface area contributed by atoms with Crippen LogP contribution in [0.1, 0.15) is 37.9 Å². The van der Waals surface area contributed by atoms with Gasteiger partial charge < -0.3 is 24.2 Å². The van der Waals surface area contributed by atoms with E-state index in [1.54, 1.807) is 19.1 Å². The molecule has 1 saturated heterocycles. The lowest BCUT2D eigenvalue weighted by Crippen LogP contribution is -2.61. The van der Waals surface area contributed by atoms with Crippen molar-refractivity contribution in [2.75, 3.05) is 40.4 Å². The predicted molar refractivity (Wildman–Crippen MR) is 111 cm³/mol. The monoisotopic (exact) mass is 420 g/mol. The van der Waals surface area contributed by atoms with Crippen LogP contribution in [0.15, 0.2) is 12.1 Å². The first kappa shape index (κ1) is 22.4. The maximum Gasteiger partial charge on any atom is 0.303 e. The van der Waals surface area contributed by atoms with Crippen molar-refractivity contribution in [3.05, 3.63) is 23.3 Å². The Morgan fingerprint density at radius 3 is 2.37 bits per heavy atom. The summed E-state index contributed by atoms with van der Waals surface area (Å²) in [7, 11) is 3.16. The van der Waals surface area contributed by atoms with E-state index in [-0.39, 0.29) is 5.91 Å². The van der Waals surface area contributed by atoms with Gasteiger partial charge in [0, 0.05) is 33.1 Å². The maximum absolute atomic E-state index is 13.2. The summed E-state index contributed by atoms with van der Waals surface area (Å²) < 4.78 is 16.4. The molecule has 1 aromatic carbocycles. The highest BCUT2D eigenvalue weighted by Crippen LogP contribution is 2.44. The van der Waals surface area contributed by atoms with Crippen LogP contribution in [0.3, 0.4) is 0 Å². The Hall–Kier alpha value is -2.32. The molecule has 4 unspecified atom stereocenters. The number of ether oxygens (including phenoxy) is 3. The van der Waals surface area contributed by atoms with Crippen molar-refractivity contribution in [3.63, 3.8) is 0 Å². The molecule has 2 heterocycles. The van der Waals surface area contributed by atoms with Gasteiger partial charge in [0.1, 0.15) is 12.2 Å². The number of hydrogen-bond acceptors (Lipinski definition) is 7. The van der Waals surface area contributed by atoms with Crippen molar-refractivity contribution in [1.82, 2.24) is 9.80 Å². The van der Waals surface area contributed by atoms with Crippen molar-refractivity contribution >= 4 is 11.9 Å². The Morgan fingerprint density at radius 2 is 1.80 bits per heavy atom. The Bertz CT molecular complexity index is 794. The molecule has 4 atom stereocenters. The van der Waals surface area contributed by atoms with E-state index in [4.69, 9.17) is 14.2 Å². The number of carbonyl (C=O) groups excluding carboxylic acids is 2. The summed E-state index contributed by atoms with van der Waals surface area (Å²) in [5, 5.41) is 11.3. The van der Waals surface area contributed by atoms with Crippen LogP contribution in [0.25, 0.3) is 0 Å². The van der Waals surface area contributed by atoms with Crippen LogP contribution in [0, 0.1) is 5.92 Å². The fourth-order valence-corrected chi connectivity index (χ4v) is 4.74. The maximum atomic E-state index is 13.2. The van der Waals surface area contributed by atoms with Crippen molar-refractivity contribution in [3.8, 4) is 11.5 Å². The zero-order valence-corrected chi connectivity index (χ0v) is 18.4. The summed E-state index contributed by atoms with van der Waals surface area (Å²) in [5.41, 5.74) is 1.97. The molecule has 2 aliphatic heterocycles. The molecule has 1 aromatic rings. The molecule has 1 fully saturated rings. The summed E-state index contributed by atoms with van der Waals surface area (Å²) >= 11 is 0. The lowest BCUT2D eigenvalue weighted by atomic mass is 9.79. The fraction of sp³-hybridized carbons (Fsp3) is 0.636. The van der Waals surface area contributed by atoms with E-state index in [9.17, 15) is 14.7 Å². The first-order valence-corrected chi connectivity index (χ1v) is 10.5. The van der Waals surface area contributed by atoms with Gasteiger partial charge in [-0.05, 0) is 43.5 Å². The van der Waals surface area contributed by atoms with Gasteiger partial charge in [0.15, 0.2) is 11.5 Å². The van der Waals surface area contributed by atoms with E-state index in [0.717, 1.165) is 17.5 Å². The van der Waals surface area contributed by atoms with Gasteiger partial charge in [-0.25, -0.2) is 0 Å². The molecule has 0 radical (unpaired) electrons. The van der Waals surface area contributed by atoms with Crippen molar-refractivity contribution in [2.45, 2.75) is 45.4 Å². The highest BCUT2D eigenvalue weighted by molar-refractivity contribution is 5.80. The summed E-state index contributed by atoms with van der Waals surface area (Å²) in [4.78, 5) is 28.8. The molecule has 0 bridgehead atoms. The van der Waals surface area contributed by atoms with Crippen molar-refractivity contribution in [1.29, 1.82) is 0 Å². The third-order valence-corrected chi connectivity index (χ3v) is 6.21. The molecule has 166 valence electrons. The fourth-order valence-electron chi connectivity index (χ4n) is 4.74. The average Bonchev–Trinajstić information content (AvgIpc) is 2.74. The molecule has 1 N–H and O–H groups in total. The molecule has 8 nitrogen and oxygen atoms in total. The largest absolute Gasteiger partial charge is 0.493 e. The number of fused-ring (bicyclic) bond motifs is 3. The molecule has 0 saturated carbocycles. The summed E-state index contributed by atoms with van der Waals surface area (Å²) in [6, 6.07) is 3.43. The van der Waals surface area contributed by atoms with Gasteiger partial charge in [0.05, 0.1) is 26.2 Å². The van der Waals surface area contributed by atoms with Crippen LogP contribution in [0.5, 0.6) is 11.5 Å². The highest BCUT2D eigenvalue weighted by Gasteiger charge is 2.50. The van der Waals surface area contributed by atoms with Crippen LogP contribution < -0.4 is 9.47 Å². The first-order chi connectivity index (χ1) is 14.4. The molecular formula is C22H32N2O6. The standard InChI is InChI=1S/C22H32N2O6/c1-6-23(7-2)22(27)16-12-24-9-8-14-10-17(28-4)18(29-5)11-15(14)19(24)20(26)21(16)30-13(3)25/h10-11,16,19-21,26H,6-9,12H2,1-5H3. The van der Waals surface area contributed by atoms with Gasteiger partial charge in [-0.2, -0.15) is 0 Å². The minimum Gasteiger partial charge on any atom is -0.493 e.